The van der Waals surface area contributed by atoms with Crippen LogP contribution in [0, 0.1) is 16.7 Å². The van der Waals surface area contributed by atoms with Gasteiger partial charge < -0.3 is 5.11 Å². The number of carboxylic acids is 1. The van der Waals surface area contributed by atoms with E-state index in [1.54, 1.807) is 0 Å². The summed E-state index contributed by atoms with van der Waals surface area (Å²) in [5.74, 6) is -0.0150. The summed E-state index contributed by atoms with van der Waals surface area (Å²) < 4.78 is 0. The number of carboxylic acid groups (broad SMARTS) is 1. The van der Waals surface area contributed by atoms with Crippen LogP contribution in [0.4, 0.5) is 0 Å². The molecule has 1 N–H and O–H groups in total. The molecule has 0 amide bonds. The third kappa shape index (κ3) is 1.06. The van der Waals surface area contributed by atoms with E-state index in [4.69, 9.17) is 5.11 Å². The van der Waals surface area contributed by atoms with Crippen molar-refractivity contribution in [1.29, 1.82) is 0 Å². The quantitative estimate of drug-likeness (QED) is 0.686. The zero-order valence-corrected chi connectivity index (χ0v) is 8.97. The SMILES string of the molecule is C=C1C2(CC(=O)O)CCC(C2)C1(C)C. The number of allylic oxidation sites excluding steroid dienone is 1. The van der Waals surface area contributed by atoms with Crippen molar-refractivity contribution in [3.05, 3.63) is 12.2 Å². The summed E-state index contributed by atoms with van der Waals surface area (Å²) in [5.41, 5.74) is 1.27. The lowest BCUT2D eigenvalue weighted by Gasteiger charge is -2.37. The molecule has 2 saturated carbocycles. The van der Waals surface area contributed by atoms with Gasteiger partial charge >= 0.3 is 5.97 Å². The molecular weight excluding hydrogens is 176 g/mol. The first-order valence-corrected chi connectivity index (χ1v) is 5.30. The summed E-state index contributed by atoms with van der Waals surface area (Å²) in [6.07, 6.45) is 3.54. The third-order valence-electron chi connectivity index (χ3n) is 4.54. The van der Waals surface area contributed by atoms with Gasteiger partial charge in [0.1, 0.15) is 0 Å². The smallest absolute Gasteiger partial charge is 0.304 e. The Morgan fingerprint density at radius 1 is 1.64 bits per heavy atom. The van der Waals surface area contributed by atoms with E-state index in [1.807, 2.05) is 0 Å². The zero-order chi connectivity index (χ0) is 10.6. The van der Waals surface area contributed by atoms with Crippen LogP contribution in [0.1, 0.15) is 39.5 Å². The minimum Gasteiger partial charge on any atom is -0.481 e. The molecule has 0 aliphatic heterocycles. The van der Waals surface area contributed by atoms with Crippen molar-refractivity contribution in [1.82, 2.24) is 0 Å². The topological polar surface area (TPSA) is 37.3 Å². The molecule has 78 valence electrons. The van der Waals surface area contributed by atoms with Gasteiger partial charge in [-0.05, 0) is 30.6 Å². The zero-order valence-electron chi connectivity index (χ0n) is 8.97. The highest BCUT2D eigenvalue weighted by Crippen LogP contribution is 2.66. The van der Waals surface area contributed by atoms with Crippen LogP contribution in [-0.2, 0) is 4.79 Å². The molecule has 2 unspecified atom stereocenters. The third-order valence-corrected chi connectivity index (χ3v) is 4.54. The number of carbonyl (C=O) groups is 1. The van der Waals surface area contributed by atoms with E-state index in [1.165, 1.54) is 12.0 Å². The van der Waals surface area contributed by atoms with Crippen LogP contribution in [0.5, 0.6) is 0 Å². The van der Waals surface area contributed by atoms with Gasteiger partial charge in [0.25, 0.3) is 0 Å². The Kier molecular flexibility index (Phi) is 1.82. The Morgan fingerprint density at radius 2 is 2.29 bits per heavy atom. The molecule has 2 aliphatic carbocycles. The van der Waals surface area contributed by atoms with Crippen molar-refractivity contribution in [2.45, 2.75) is 39.5 Å². The van der Waals surface area contributed by atoms with E-state index in [2.05, 4.69) is 20.4 Å². The van der Waals surface area contributed by atoms with Gasteiger partial charge in [0.05, 0.1) is 6.42 Å². The maximum Gasteiger partial charge on any atom is 0.304 e. The van der Waals surface area contributed by atoms with Gasteiger partial charge in [0, 0.05) is 5.41 Å². The summed E-state index contributed by atoms with van der Waals surface area (Å²) in [7, 11) is 0. The van der Waals surface area contributed by atoms with Crippen LogP contribution < -0.4 is 0 Å². The van der Waals surface area contributed by atoms with Crippen molar-refractivity contribution in [2.75, 3.05) is 0 Å². The first-order valence-electron chi connectivity index (χ1n) is 5.30. The number of hydrogen-bond acceptors (Lipinski definition) is 1. The molecule has 2 heteroatoms. The standard InChI is InChI=1S/C12H18O2/c1-8-11(2,3)9-4-5-12(8,6-9)7-10(13)14/h9H,1,4-7H2,2-3H3,(H,13,14). The minimum atomic E-state index is -0.676. The molecule has 2 nitrogen and oxygen atoms in total. The lowest BCUT2D eigenvalue weighted by molar-refractivity contribution is -0.139. The predicted octanol–water partition coefficient (Wildman–Crippen LogP) is 2.84. The fraction of sp³-hybridized carbons (Fsp3) is 0.750. The Labute approximate surface area is 85.0 Å². The Hall–Kier alpha value is -0.790. The molecule has 2 aliphatic rings. The largest absolute Gasteiger partial charge is 0.481 e. The molecule has 14 heavy (non-hydrogen) atoms. The molecule has 2 bridgehead atoms. The second-order valence-corrected chi connectivity index (χ2v) is 5.49. The van der Waals surface area contributed by atoms with Crippen LogP contribution in [0.2, 0.25) is 0 Å². The fourth-order valence-electron chi connectivity index (χ4n) is 3.50. The summed E-state index contributed by atoms with van der Waals surface area (Å²) in [4.78, 5) is 10.9. The molecular formula is C12H18O2. The van der Waals surface area contributed by atoms with Crippen LogP contribution in [0.15, 0.2) is 12.2 Å². The van der Waals surface area contributed by atoms with Crippen molar-refractivity contribution in [2.24, 2.45) is 16.7 Å². The molecule has 0 aromatic rings. The normalized spacial score (nSPS) is 39.0. The van der Waals surface area contributed by atoms with Crippen LogP contribution in [-0.4, -0.2) is 11.1 Å². The molecule has 2 atom stereocenters. The molecule has 0 saturated heterocycles. The van der Waals surface area contributed by atoms with E-state index in [0.29, 0.717) is 5.92 Å². The van der Waals surface area contributed by atoms with Crippen molar-refractivity contribution >= 4 is 5.97 Å². The van der Waals surface area contributed by atoms with E-state index in [9.17, 15) is 4.79 Å². The predicted molar refractivity (Wildman–Crippen MR) is 54.9 cm³/mol. The summed E-state index contributed by atoms with van der Waals surface area (Å²) >= 11 is 0. The molecule has 0 radical (unpaired) electrons. The maximum absolute atomic E-state index is 10.9. The summed E-state index contributed by atoms with van der Waals surface area (Å²) in [6, 6.07) is 0. The Balaban J connectivity index is 2.30. The summed E-state index contributed by atoms with van der Waals surface area (Å²) in [6.45, 7) is 8.57. The fourth-order valence-corrected chi connectivity index (χ4v) is 3.50. The lowest BCUT2D eigenvalue weighted by Crippen LogP contribution is -2.29. The second-order valence-electron chi connectivity index (χ2n) is 5.49. The minimum absolute atomic E-state index is 0.0694. The van der Waals surface area contributed by atoms with Gasteiger partial charge in [-0.15, -0.1) is 0 Å². The molecule has 0 aromatic heterocycles. The monoisotopic (exact) mass is 194 g/mol. The van der Waals surface area contributed by atoms with Gasteiger partial charge in [-0.3, -0.25) is 4.79 Å². The van der Waals surface area contributed by atoms with Crippen LogP contribution in [0.25, 0.3) is 0 Å². The van der Waals surface area contributed by atoms with E-state index >= 15 is 0 Å². The number of rotatable bonds is 2. The number of fused-ring (bicyclic) bond motifs is 2. The molecule has 0 heterocycles. The first kappa shape index (κ1) is 9.75. The van der Waals surface area contributed by atoms with Crippen LogP contribution >= 0.6 is 0 Å². The van der Waals surface area contributed by atoms with E-state index < -0.39 is 5.97 Å². The van der Waals surface area contributed by atoms with Gasteiger partial charge in [-0.25, -0.2) is 0 Å². The average Bonchev–Trinajstić information content (AvgIpc) is 2.52. The summed E-state index contributed by atoms with van der Waals surface area (Å²) in [5, 5.41) is 8.94. The van der Waals surface area contributed by atoms with Gasteiger partial charge in [0.15, 0.2) is 0 Å². The van der Waals surface area contributed by atoms with Gasteiger partial charge in [-0.1, -0.05) is 26.0 Å². The number of aliphatic carboxylic acids is 1. The highest BCUT2D eigenvalue weighted by atomic mass is 16.4. The molecule has 0 spiro atoms. The van der Waals surface area contributed by atoms with Crippen LogP contribution in [0.3, 0.4) is 0 Å². The molecule has 2 rings (SSSR count). The van der Waals surface area contributed by atoms with E-state index in [0.717, 1.165) is 12.8 Å². The molecule has 0 aromatic carbocycles. The van der Waals surface area contributed by atoms with Gasteiger partial charge in [0.2, 0.25) is 0 Å². The first-order chi connectivity index (χ1) is 6.38. The van der Waals surface area contributed by atoms with Crippen molar-refractivity contribution in [3.63, 3.8) is 0 Å². The lowest BCUT2D eigenvalue weighted by atomic mass is 9.67. The Morgan fingerprint density at radius 3 is 2.71 bits per heavy atom. The molecule has 2 fully saturated rings. The second kappa shape index (κ2) is 2.62. The van der Waals surface area contributed by atoms with Crippen molar-refractivity contribution in [3.8, 4) is 0 Å². The number of hydrogen-bond donors (Lipinski definition) is 1. The highest BCUT2D eigenvalue weighted by molar-refractivity contribution is 5.69. The maximum atomic E-state index is 10.9. The van der Waals surface area contributed by atoms with E-state index in [-0.39, 0.29) is 17.3 Å². The average molecular weight is 194 g/mol. The van der Waals surface area contributed by atoms with Crippen molar-refractivity contribution < 1.29 is 9.90 Å². The Bertz CT molecular complexity index is 303. The highest BCUT2D eigenvalue weighted by Gasteiger charge is 2.57. The van der Waals surface area contributed by atoms with Gasteiger partial charge in [-0.2, -0.15) is 0 Å².